The predicted molar refractivity (Wildman–Crippen MR) is 70.1 cm³/mol. The number of carbonyl (C=O) groups is 1. The van der Waals surface area contributed by atoms with Crippen molar-refractivity contribution in [1.29, 1.82) is 0 Å². The van der Waals surface area contributed by atoms with Crippen molar-refractivity contribution in [3.8, 4) is 0 Å². The minimum absolute atomic E-state index is 0.0626. The van der Waals surface area contributed by atoms with Crippen LogP contribution in [-0.4, -0.2) is 23.4 Å². The van der Waals surface area contributed by atoms with E-state index in [9.17, 15) is 4.79 Å². The summed E-state index contributed by atoms with van der Waals surface area (Å²) in [6, 6.07) is 5.30. The van der Waals surface area contributed by atoms with Gasteiger partial charge >= 0.3 is 0 Å². The van der Waals surface area contributed by atoms with Crippen LogP contribution in [0, 0.1) is 0 Å². The molecule has 3 nitrogen and oxygen atoms in total. The first-order valence-corrected chi connectivity index (χ1v) is 5.98. The van der Waals surface area contributed by atoms with Gasteiger partial charge in [-0.2, -0.15) is 0 Å². The Bertz CT molecular complexity index is 455. The van der Waals surface area contributed by atoms with Crippen molar-refractivity contribution in [2.75, 3.05) is 12.3 Å². The number of rotatable bonds is 4. The van der Waals surface area contributed by atoms with Crippen molar-refractivity contribution in [2.24, 2.45) is 0 Å². The van der Waals surface area contributed by atoms with Gasteiger partial charge in [0, 0.05) is 23.3 Å². The molecule has 1 aliphatic rings. The van der Waals surface area contributed by atoms with Crippen LogP contribution in [0.3, 0.4) is 0 Å². The maximum atomic E-state index is 12.3. The Morgan fingerprint density at radius 1 is 1.59 bits per heavy atom. The second kappa shape index (κ2) is 4.80. The summed E-state index contributed by atoms with van der Waals surface area (Å²) in [5.41, 5.74) is 6.76. The van der Waals surface area contributed by atoms with Crippen LogP contribution in [0.25, 0.3) is 0 Å². The van der Waals surface area contributed by atoms with Crippen LogP contribution in [0.15, 0.2) is 30.9 Å². The van der Waals surface area contributed by atoms with Gasteiger partial charge < -0.3 is 10.6 Å². The molecule has 0 aromatic heterocycles. The highest BCUT2D eigenvalue weighted by molar-refractivity contribution is 6.31. The van der Waals surface area contributed by atoms with Crippen molar-refractivity contribution < 1.29 is 4.79 Å². The van der Waals surface area contributed by atoms with Crippen LogP contribution in [0.1, 0.15) is 23.2 Å². The van der Waals surface area contributed by atoms with E-state index in [4.69, 9.17) is 17.3 Å². The highest BCUT2D eigenvalue weighted by atomic mass is 35.5. The smallest absolute Gasteiger partial charge is 0.256 e. The van der Waals surface area contributed by atoms with Crippen LogP contribution >= 0.6 is 11.6 Å². The molecule has 1 aliphatic carbocycles. The Morgan fingerprint density at radius 3 is 2.88 bits per heavy atom. The lowest BCUT2D eigenvalue weighted by Crippen LogP contribution is -2.33. The number of hydrogen-bond donors (Lipinski definition) is 1. The van der Waals surface area contributed by atoms with Gasteiger partial charge in [-0.3, -0.25) is 4.79 Å². The van der Waals surface area contributed by atoms with Gasteiger partial charge in [-0.25, -0.2) is 0 Å². The highest BCUT2D eigenvalue weighted by Crippen LogP contribution is 2.29. The molecule has 0 atom stereocenters. The first kappa shape index (κ1) is 12.0. The van der Waals surface area contributed by atoms with Crippen LogP contribution < -0.4 is 5.73 Å². The molecule has 90 valence electrons. The lowest BCUT2D eigenvalue weighted by Gasteiger charge is -2.21. The minimum atomic E-state index is -0.0626. The van der Waals surface area contributed by atoms with Crippen molar-refractivity contribution in [1.82, 2.24) is 4.90 Å². The van der Waals surface area contributed by atoms with Gasteiger partial charge in [0.2, 0.25) is 0 Å². The average Bonchev–Trinajstić information content (AvgIpc) is 3.12. The Balaban J connectivity index is 2.27. The van der Waals surface area contributed by atoms with E-state index in [0.29, 0.717) is 28.9 Å². The summed E-state index contributed by atoms with van der Waals surface area (Å²) in [6.45, 7) is 4.23. The number of carbonyl (C=O) groups excluding carboxylic acids is 1. The molecule has 0 unspecified atom stereocenters. The zero-order chi connectivity index (χ0) is 12.4. The molecule has 0 saturated heterocycles. The van der Waals surface area contributed by atoms with E-state index in [1.54, 1.807) is 29.2 Å². The van der Waals surface area contributed by atoms with Crippen molar-refractivity contribution in [3.63, 3.8) is 0 Å². The maximum absolute atomic E-state index is 12.3. The molecule has 17 heavy (non-hydrogen) atoms. The third-order valence-electron chi connectivity index (χ3n) is 2.82. The third kappa shape index (κ3) is 2.61. The second-order valence-electron chi connectivity index (χ2n) is 4.21. The SMILES string of the molecule is C=CCN(C(=O)c1cc(Cl)ccc1N)C1CC1. The monoisotopic (exact) mass is 250 g/mol. The Morgan fingerprint density at radius 2 is 2.29 bits per heavy atom. The zero-order valence-electron chi connectivity index (χ0n) is 9.53. The largest absolute Gasteiger partial charge is 0.398 e. The lowest BCUT2D eigenvalue weighted by atomic mass is 10.1. The van der Waals surface area contributed by atoms with E-state index >= 15 is 0 Å². The second-order valence-corrected chi connectivity index (χ2v) is 4.65. The van der Waals surface area contributed by atoms with Crippen molar-refractivity contribution >= 4 is 23.2 Å². The van der Waals surface area contributed by atoms with Crippen molar-refractivity contribution in [3.05, 3.63) is 41.4 Å². The van der Waals surface area contributed by atoms with E-state index in [1.807, 2.05) is 0 Å². The first-order chi connectivity index (χ1) is 8.13. The molecule has 0 bridgehead atoms. The fraction of sp³-hybridized carbons (Fsp3) is 0.308. The van der Waals surface area contributed by atoms with Gasteiger partial charge in [0.15, 0.2) is 0 Å². The number of anilines is 1. The third-order valence-corrected chi connectivity index (χ3v) is 3.06. The Hall–Kier alpha value is -1.48. The fourth-order valence-electron chi connectivity index (χ4n) is 1.79. The zero-order valence-corrected chi connectivity index (χ0v) is 10.3. The summed E-state index contributed by atoms with van der Waals surface area (Å²) in [4.78, 5) is 14.1. The number of hydrogen-bond acceptors (Lipinski definition) is 2. The van der Waals surface area contributed by atoms with Crippen LogP contribution in [-0.2, 0) is 0 Å². The first-order valence-electron chi connectivity index (χ1n) is 5.60. The number of nitrogens with zero attached hydrogens (tertiary/aromatic N) is 1. The summed E-state index contributed by atoms with van der Waals surface area (Å²) >= 11 is 5.89. The van der Waals surface area contributed by atoms with E-state index in [0.717, 1.165) is 12.8 Å². The highest BCUT2D eigenvalue weighted by Gasteiger charge is 2.32. The molecule has 0 aliphatic heterocycles. The molecule has 4 heteroatoms. The molecule has 1 fully saturated rings. The molecule has 0 radical (unpaired) electrons. The number of halogens is 1. The molecule has 1 aromatic carbocycles. The average molecular weight is 251 g/mol. The summed E-state index contributed by atoms with van der Waals surface area (Å²) in [5, 5.41) is 0.525. The molecular formula is C13H15ClN2O. The van der Waals surface area contributed by atoms with Gasteiger partial charge in [-0.05, 0) is 31.0 Å². The normalized spacial score (nSPS) is 14.4. The number of nitrogens with two attached hydrogens (primary N) is 1. The molecule has 1 aromatic rings. The quantitative estimate of drug-likeness (QED) is 0.660. The van der Waals surface area contributed by atoms with E-state index < -0.39 is 0 Å². The fourth-order valence-corrected chi connectivity index (χ4v) is 1.96. The van der Waals surface area contributed by atoms with Gasteiger partial charge in [0.25, 0.3) is 5.91 Å². The topological polar surface area (TPSA) is 46.3 Å². The lowest BCUT2D eigenvalue weighted by molar-refractivity contribution is 0.0763. The number of benzene rings is 1. The Labute approximate surface area is 106 Å². The number of amides is 1. The summed E-state index contributed by atoms with van der Waals surface area (Å²) in [5.74, 6) is -0.0626. The molecule has 0 heterocycles. The maximum Gasteiger partial charge on any atom is 0.256 e. The molecule has 2 N–H and O–H groups in total. The molecule has 0 spiro atoms. The van der Waals surface area contributed by atoms with Gasteiger partial charge in [-0.1, -0.05) is 17.7 Å². The molecule has 1 amide bonds. The van der Waals surface area contributed by atoms with E-state index in [-0.39, 0.29) is 5.91 Å². The molecular weight excluding hydrogens is 236 g/mol. The van der Waals surface area contributed by atoms with Crippen LogP contribution in [0.5, 0.6) is 0 Å². The number of nitrogen functional groups attached to an aromatic ring is 1. The minimum Gasteiger partial charge on any atom is -0.398 e. The van der Waals surface area contributed by atoms with Crippen LogP contribution in [0.2, 0.25) is 5.02 Å². The van der Waals surface area contributed by atoms with E-state index in [1.165, 1.54) is 0 Å². The van der Waals surface area contributed by atoms with Gasteiger partial charge in [0.05, 0.1) is 5.56 Å². The summed E-state index contributed by atoms with van der Waals surface area (Å²) < 4.78 is 0. The standard InChI is InChI=1S/C13H15ClN2O/c1-2-7-16(10-4-5-10)13(17)11-8-9(14)3-6-12(11)15/h2-3,6,8,10H,1,4-5,7,15H2. The van der Waals surface area contributed by atoms with E-state index in [2.05, 4.69) is 6.58 Å². The molecule has 2 rings (SSSR count). The van der Waals surface area contributed by atoms with Gasteiger partial charge in [0.1, 0.15) is 0 Å². The van der Waals surface area contributed by atoms with Crippen molar-refractivity contribution in [2.45, 2.75) is 18.9 Å². The van der Waals surface area contributed by atoms with Gasteiger partial charge in [-0.15, -0.1) is 6.58 Å². The van der Waals surface area contributed by atoms with Crippen LogP contribution in [0.4, 0.5) is 5.69 Å². The predicted octanol–water partition coefficient (Wildman–Crippen LogP) is 2.71. The Kier molecular flexibility index (Phi) is 3.38. The molecule has 1 saturated carbocycles. The summed E-state index contributed by atoms with van der Waals surface area (Å²) in [6.07, 6.45) is 3.84. The summed E-state index contributed by atoms with van der Waals surface area (Å²) in [7, 11) is 0.